The molecule has 0 amide bonds. The van der Waals surface area contributed by atoms with Crippen LogP contribution < -0.4 is 0 Å². The summed E-state index contributed by atoms with van der Waals surface area (Å²) in [5, 5.41) is 0. The molecular formula is C17H20OS. The molecule has 1 nitrogen and oxygen atoms in total. The zero-order valence-corrected chi connectivity index (χ0v) is 13.3. The molecule has 0 spiro atoms. The molecule has 0 radical (unpaired) electrons. The lowest BCUT2D eigenvalue weighted by molar-refractivity contribution is 0.104. The van der Waals surface area contributed by atoms with Crippen LogP contribution in [0.5, 0.6) is 0 Å². The van der Waals surface area contributed by atoms with Gasteiger partial charge in [0.2, 0.25) is 5.78 Å². The smallest absolute Gasteiger partial charge is 0.203 e. The van der Waals surface area contributed by atoms with Crippen LogP contribution in [0.25, 0.3) is 0 Å². The van der Waals surface area contributed by atoms with Gasteiger partial charge in [-0.25, -0.2) is 0 Å². The van der Waals surface area contributed by atoms with E-state index >= 15 is 0 Å². The third kappa shape index (κ3) is 2.25. The van der Waals surface area contributed by atoms with E-state index in [0.29, 0.717) is 0 Å². The number of thiophene rings is 1. The van der Waals surface area contributed by atoms with Crippen molar-refractivity contribution in [2.24, 2.45) is 0 Å². The number of hydrogen-bond donors (Lipinski definition) is 0. The van der Waals surface area contributed by atoms with Crippen molar-refractivity contribution in [3.63, 3.8) is 0 Å². The summed E-state index contributed by atoms with van der Waals surface area (Å²) in [6.07, 6.45) is 0. The van der Waals surface area contributed by atoms with E-state index in [1.807, 2.05) is 19.1 Å². The molecule has 2 aromatic rings. The van der Waals surface area contributed by atoms with E-state index in [-0.39, 0.29) is 5.78 Å². The van der Waals surface area contributed by atoms with Crippen molar-refractivity contribution in [1.82, 2.24) is 0 Å². The second-order valence-corrected chi connectivity index (χ2v) is 6.53. The van der Waals surface area contributed by atoms with E-state index in [9.17, 15) is 4.79 Å². The summed E-state index contributed by atoms with van der Waals surface area (Å²) in [6.45, 7) is 12.5. The molecule has 2 rings (SSSR count). The van der Waals surface area contributed by atoms with Gasteiger partial charge in [-0.1, -0.05) is 0 Å². The van der Waals surface area contributed by atoms with Crippen LogP contribution in [0.3, 0.4) is 0 Å². The average molecular weight is 272 g/mol. The first-order valence-corrected chi connectivity index (χ1v) is 7.34. The Morgan fingerprint density at radius 2 is 1.26 bits per heavy atom. The van der Waals surface area contributed by atoms with Gasteiger partial charge in [0.15, 0.2) is 0 Å². The molecule has 100 valence electrons. The van der Waals surface area contributed by atoms with Gasteiger partial charge in [0, 0.05) is 10.4 Å². The second kappa shape index (κ2) is 4.93. The predicted octanol–water partition coefficient (Wildman–Crippen LogP) is 4.83. The number of carbonyl (C=O) groups is 1. The summed E-state index contributed by atoms with van der Waals surface area (Å²) in [4.78, 5) is 14.7. The number of hydrogen-bond acceptors (Lipinski definition) is 2. The third-order valence-corrected chi connectivity index (χ3v) is 5.19. The van der Waals surface area contributed by atoms with Crippen LogP contribution in [0.2, 0.25) is 0 Å². The molecule has 0 saturated heterocycles. The highest BCUT2D eigenvalue weighted by Gasteiger charge is 2.20. The topological polar surface area (TPSA) is 17.1 Å². The fraction of sp³-hybridized carbons (Fsp3) is 0.353. The van der Waals surface area contributed by atoms with Crippen molar-refractivity contribution < 1.29 is 4.79 Å². The van der Waals surface area contributed by atoms with Gasteiger partial charge < -0.3 is 0 Å². The van der Waals surface area contributed by atoms with E-state index in [2.05, 4.69) is 34.6 Å². The summed E-state index contributed by atoms with van der Waals surface area (Å²) in [6, 6.07) is 3.95. The van der Waals surface area contributed by atoms with Crippen molar-refractivity contribution in [2.45, 2.75) is 41.5 Å². The number of carbonyl (C=O) groups excluding carboxylic acids is 1. The van der Waals surface area contributed by atoms with Crippen LogP contribution in [-0.2, 0) is 0 Å². The van der Waals surface area contributed by atoms with Crippen LogP contribution >= 0.6 is 11.3 Å². The van der Waals surface area contributed by atoms with Gasteiger partial charge in [-0.3, -0.25) is 4.79 Å². The highest BCUT2D eigenvalue weighted by Crippen LogP contribution is 2.29. The van der Waals surface area contributed by atoms with Gasteiger partial charge in [-0.05, 0) is 81.5 Å². The lowest BCUT2D eigenvalue weighted by Crippen LogP contribution is -2.09. The molecule has 19 heavy (non-hydrogen) atoms. The minimum absolute atomic E-state index is 0.166. The van der Waals surface area contributed by atoms with Crippen LogP contribution in [-0.4, -0.2) is 5.78 Å². The SMILES string of the molecule is Cc1ccc(C(=O)c2c(C)c(C)c(C)c(C)c2C)s1. The normalized spacial score (nSPS) is 10.8. The Bertz CT molecular complexity index is 633. The minimum atomic E-state index is 0.166. The lowest BCUT2D eigenvalue weighted by atomic mass is 9.87. The number of aryl methyl sites for hydroxylation is 1. The van der Waals surface area contributed by atoms with Gasteiger partial charge in [-0.15, -0.1) is 11.3 Å². The molecule has 0 aliphatic rings. The summed E-state index contributed by atoms with van der Waals surface area (Å²) in [7, 11) is 0. The van der Waals surface area contributed by atoms with Crippen molar-refractivity contribution in [3.8, 4) is 0 Å². The Balaban J connectivity index is 2.66. The van der Waals surface area contributed by atoms with E-state index < -0.39 is 0 Å². The van der Waals surface area contributed by atoms with Crippen molar-refractivity contribution in [1.29, 1.82) is 0 Å². The molecule has 1 heterocycles. The van der Waals surface area contributed by atoms with E-state index in [4.69, 9.17) is 0 Å². The fourth-order valence-corrected chi connectivity index (χ4v) is 3.33. The Labute approximate surface area is 119 Å². The van der Waals surface area contributed by atoms with Gasteiger partial charge in [0.05, 0.1) is 4.88 Å². The maximum absolute atomic E-state index is 12.7. The van der Waals surface area contributed by atoms with Gasteiger partial charge in [0.25, 0.3) is 0 Å². The lowest BCUT2D eigenvalue weighted by Gasteiger charge is -2.17. The third-order valence-electron chi connectivity index (χ3n) is 4.19. The van der Waals surface area contributed by atoms with Crippen molar-refractivity contribution in [3.05, 3.63) is 55.3 Å². The quantitative estimate of drug-likeness (QED) is 0.716. The molecule has 0 saturated carbocycles. The first-order valence-electron chi connectivity index (χ1n) is 6.52. The van der Waals surface area contributed by atoms with E-state index in [1.165, 1.54) is 21.6 Å². The van der Waals surface area contributed by atoms with Gasteiger partial charge in [-0.2, -0.15) is 0 Å². The molecule has 1 aromatic carbocycles. The Kier molecular flexibility index (Phi) is 3.64. The highest BCUT2D eigenvalue weighted by atomic mass is 32.1. The molecular weight excluding hydrogens is 252 g/mol. The Morgan fingerprint density at radius 1 is 0.789 bits per heavy atom. The molecule has 1 aromatic heterocycles. The monoisotopic (exact) mass is 272 g/mol. The maximum Gasteiger partial charge on any atom is 0.203 e. The summed E-state index contributed by atoms with van der Waals surface area (Å²) >= 11 is 1.57. The molecule has 0 aliphatic heterocycles. The standard InChI is InChI=1S/C17H20OS/c1-9-7-8-15(19-9)17(18)16-13(5)11(3)10(2)12(4)14(16)6/h7-8H,1-6H3. The molecule has 0 bridgehead atoms. The summed E-state index contributed by atoms with van der Waals surface area (Å²) < 4.78 is 0. The second-order valence-electron chi connectivity index (χ2n) is 5.24. The van der Waals surface area contributed by atoms with Crippen molar-refractivity contribution in [2.75, 3.05) is 0 Å². The van der Waals surface area contributed by atoms with Crippen molar-refractivity contribution >= 4 is 17.1 Å². The average Bonchev–Trinajstić information content (AvgIpc) is 2.81. The molecule has 0 N–H and O–H groups in total. The van der Waals surface area contributed by atoms with Crippen LogP contribution in [0.15, 0.2) is 12.1 Å². The Morgan fingerprint density at radius 3 is 1.68 bits per heavy atom. The van der Waals surface area contributed by atoms with E-state index in [1.54, 1.807) is 11.3 Å². The molecule has 2 heteroatoms. The zero-order chi connectivity index (χ0) is 14.3. The first kappa shape index (κ1) is 14.0. The van der Waals surface area contributed by atoms with E-state index in [0.717, 1.165) is 21.6 Å². The van der Waals surface area contributed by atoms with Crippen LogP contribution in [0, 0.1) is 41.5 Å². The fourth-order valence-electron chi connectivity index (χ4n) is 2.52. The summed E-state index contributed by atoms with van der Waals surface area (Å²) in [5.41, 5.74) is 6.91. The zero-order valence-electron chi connectivity index (χ0n) is 12.5. The minimum Gasteiger partial charge on any atom is -0.288 e. The number of benzene rings is 1. The molecule has 0 fully saturated rings. The summed E-state index contributed by atoms with van der Waals surface area (Å²) in [5.74, 6) is 0.166. The largest absolute Gasteiger partial charge is 0.288 e. The van der Waals surface area contributed by atoms with Gasteiger partial charge in [0.1, 0.15) is 0 Å². The maximum atomic E-state index is 12.7. The first-order chi connectivity index (χ1) is 8.84. The van der Waals surface area contributed by atoms with Crippen LogP contribution in [0.1, 0.15) is 47.9 Å². The highest BCUT2D eigenvalue weighted by molar-refractivity contribution is 7.14. The molecule has 0 aliphatic carbocycles. The Hall–Kier alpha value is -1.41. The number of ketones is 1. The van der Waals surface area contributed by atoms with Crippen LogP contribution in [0.4, 0.5) is 0 Å². The van der Waals surface area contributed by atoms with Gasteiger partial charge >= 0.3 is 0 Å². The number of rotatable bonds is 2. The predicted molar refractivity (Wildman–Crippen MR) is 82.6 cm³/mol. The molecule has 0 unspecified atom stereocenters. The molecule has 0 atom stereocenters.